The highest BCUT2D eigenvalue weighted by molar-refractivity contribution is 7.09. The molecule has 1 amide bonds. The molecular formula is C14H14N2O4S. The molecule has 0 aromatic carbocycles. The minimum Gasteiger partial charge on any atom is -0.481 e. The third-order valence-electron chi connectivity index (χ3n) is 3.54. The zero-order chi connectivity index (χ0) is 15.0. The van der Waals surface area contributed by atoms with Gasteiger partial charge in [0.15, 0.2) is 5.76 Å². The zero-order valence-electron chi connectivity index (χ0n) is 11.4. The Balaban J connectivity index is 1.74. The molecule has 2 aromatic rings. The first-order valence-electron chi connectivity index (χ1n) is 6.57. The van der Waals surface area contributed by atoms with Crippen LogP contribution in [0.5, 0.6) is 0 Å². The van der Waals surface area contributed by atoms with Crippen LogP contribution < -0.4 is 0 Å². The van der Waals surface area contributed by atoms with E-state index in [0.29, 0.717) is 30.0 Å². The van der Waals surface area contributed by atoms with Gasteiger partial charge in [0, 0.05) is 18.5 Å². The number of carboxylic acids is 1. The maximum absolute atomic E-state index is 12.3. The smallest absolute Gasteiger partial charge is 0.308 e. The predicted octanol–water partition coefficient (Wildman–Crippen LogP) is 2.26. The Morgan fingerprint density at radius 1 is 1.52 bits per heavy atom. The van der Waals surface area contributed by atoms with E-state index in [1.54, 1.807) is 11.0 Å². The summed E-state index contributed by atoms with van der Waals surface area (Å²) in [6.45, 7) is 2.62. The molecule has 0 radical (unpaired) electrons. The lowest BCUT2D eigenvalue weighted by Gasteiger charge is -2.14. The van der Waals surface area contributed by atoms with E-state index in [0.717, 1.165) is 5.01 Å². The minimum absolute atomic E-state index is 0.194. The van der Waals surface area contributed by atoms with Crippen molar-refractivity contribution in [1.82, 2.24) is 9.88 Å². The number of rotatable bonds is 3. The van der Waals surface area contributed by atoms with Crippen molar-refractivity contribution in [3.63, 3.8) is 0 Å². The number of carbonyl (C=O) groups is 2. The molecular weight excluding hydrogens is 292 g/mol. The molecule has 0 bridgehead atoms. The van der Waals surface area contributed by atoms with Gasteiger partial charge in [-0.1, -0.05) is 0 Å². The number of hydrogen-bond acceptors (Lipinski definition) is 5. The number of amides is 1. The number of thiazole rings is 1. The summed E-state index contributed by atoms with van der Waals surface area (Å²) in [6, 6.07) is 1.66. The van der Waals surface area contributed by atoms with Crippen molar-refractivity contribution in [3.05, 3.63) is 28.3 Å². The molecule has 0 saturated carbocycles. The van der Waals surface area contributed by atoms with Crippen molar-refractivity contribution in [2.45, 2.75) is 13.3 Å². The lowest BCUT2D eigenvalue weighted by atomic mass is 10.1. The van der Waals surface area contributed by atoms with E-state index in [1.807, 2.05) is 12.3 Å². The van der Waals surface area contributed by atoms with Crippen molar-refractivity contribution in [1.29, 1.82) is 0 Å². The second kappa shape index (κ2) is 5.33. The molecule has 2 aromatic heterocycles. The summed E-state index contributed by atoms with van der Waals surface area (Å²) in [7, 11) is 0. The van der Waals surface area contributed by atoms with Crippen LogP contribution in [0, 0.1) is 12.8 Å². The summed E-state index contributed by atoms with van der Waals surface area (Å²) in [5, 5.41) is 11.8. The Kier molecular flexibility index (Phi) is 3.50. The van der Waals surface area contributed by atoms with E-state index in [-0.39, 0.29) is 12.5 Å². The Bertz CT molecular complexity index is 691. The van der Waals surface area contributed by atoms with Gasteiger partial charge in [0.2, 0.25) is 0 Å². The molecule has 1 aliphatic heterocycles. The molecule has 110 valence electrons. The maximum atomic E-state index is 12.3. The Morgan fingerprint density at radius 2 is 2.33 bits per heavy atom. The number of hydrogen-bond donors (Lipinski definition) is 1. The molecule has 7 heteroatoms. The third kappa shape index (κ3) is 2.69. The molecule has 3 heterocycles. The number of likely N-dealkylation sites (tertiary alicyclic amines) is 1. The Morgan fingerprint density at radius 3 is 2.95 bits per heavy atom. The van der Waals surface area contributed by atoms with Crippen LogP contribution in [-0.2, 0) is 4.79 Å². The quantitative estimate of drug-likeness (QED) is 0.940. The second-order valence-corrected chi connectivity index (χ2v) is 6.09. The van der Waals surface area contributed by atoms with Crippen LogP contribution >= 0.6 is 11.3 Å². The van der Waals surface area contributed by atoms with E-state index in [1.165, 1.54) is 17.6 Å². The largest absolute Gasteiger partial charge is 0.481 e. The summed E-state index contributed by atoms with van der Waals surface area (Å²) in [4.78, 5) is 29.1. The fourth-order valence-corrected chi connectivity index (χ4v) is 2.99. The summed E-state index contributed by atoms with van der Waals surface area (Å²) in [5.41, 5.74) is 1.14. The molecule has 0 aliphatic carbocycles. The van der Waals surface area contributed by atoms with Crippen LogP contribution in [0.1, 0.15) is 21.8 Å². The van der Waals surface area contributed by atoms with Gasteiger partial charge in [-0.2, -0.15) is 0 Å². The number of aromatic nitrogens is 1. The highest BCUT2D eigenvalue weighted by Gasteiger charge is 2.31. The zero-order valence-corrected chi connectivity index (χ0v) is 12.2. The van der Waals surface area contributed by atoms with Crippen LogP contribution in [0.3, 0.4) is 0 Å². The van der Waals surface area contributed by atoms with Crippen LogP contribution in [-0.4, -0.2) is 40.0 Å². The van der Waals surface area contributed by atoms with Crippen molar-refractivity contribution in [2.24, 2.45) is 5.92 Å². The van der Waals surface area contributed by atoms with E-state index in [9.17, 15) is 9.59 Å². The standard InChI is InChI=1S/C14H14N2O4S/c1-8-15-11(7-21-8)12-4-10(6-20-12)13(17)16-3-2-9(5-16)14(18)19/h4,6-7,9H,2-3,5H2,1H3,(H,18,19)/t9-/m1/s1. The molecule has 1 aliphatic rings. The number of carboxylic acid groups (broad SMARTS) is 1. The van der Waals surface area contributed by atoms with E-state index in [2.05, 4.69) is 4.98 Å². The fourth-order valence-electron chi connectivity index (χ4n) is 2.39. The van der Waals surface area contributed by atoms with Crippen LogP contribution in [0.4, 0.5) is 0 Å². The van der Waals surface area contributed by atoms with Gasteiger partial charge < -0.3 is 14.4 Å². The van der Waals surface area contributed by atoms with Gasteiger partial charge in [-0.25, -0.2) is 4.98 Å². The Labute approximate surface area is 125 Å². The monoisotopic (exact) mass is 306 g/mol. The molecule has 1 saturated heterocycles. The first-order valence-corrected chi connectivity index (χ1v) is 7.45. The summed E-state index contributed by atoms with van der Waals surface area (Å²) >= 11 is 1.51. The van der Waals surface area contributed by atoms with Crippen molar-refractivity contribution >= 4 is 23.2 Å². The molecule has 21 heavy (non-hydrogen) atoms. The lowest BCUT2D eigenvalue weighted by Crippen LogP contribution is -2.29. The summed E-state index contributed by atoms with van der Waals surface area (Å²) < 4.78 is 5.40. The van der Waals surface area contributed by atoms with Crippen LogP contribution in [0.2, 0.25) is 0 Å². The van der Waals surface area contributed by atoms with Gasteiger partial charge in [0.1, 0.15) is 12.0 Å². The van der Waals surface area contributed by atoms with Gasteiger partial charge in [-0.15, -0.1) is 11.3 Å². The highest BCUT2D eigenvalue weighted by Crippen LogP contribution is 2.25. The maximum Gasteiger partial charge on any atom is 0.308 e. The topological polar surface area (TPSA) is 83.6 Å². The molecule has 1 atom stereocenters. The van der Waals surface area contributed by atoms with Gasteiger partial charge >= 0.3 is 5.97 Å². The summed E-state index contributed by atoms with van der Waals surface area (Å²) in [6.07, 6.45) is 1.90. The minimum atomic E-state index is -0.851. The second-order valence-electron chi connectivity index (χ2n) is 5.03. The van der Waals surface area contributed by atoms with E-state index < -0.39 is 11.9 Å². The van der Waals surface area contributed by atoms with Gasteiger partial charge in [0.05, 0.1) is 16.5 Å². The number of nitrogens with zero attached hydrogens (tertiary/aromatic N) is 2. The summed E-state index contributed by atoms with van der Waals surface area (Å²) in [5.74, 6) is -0.963. The van der Waals surface area contributed by atoms with Crippen molar-refractivity contribution in [3.8, 4) is 11.5 Å². The normalized spacial score (nSPS) is 18.1. The molecule has 1 N–H and O–H groups in total. The number of carbonyl (C=O) groups excluding carboxylic acids is 1. The van der Waals surface area contributed by atoms with Crippen molar-refractivity contribution < 1.29 is 19.1 Å². The van der Waals surface area contributed by atoms with Gasteiger partial charge in [-0.05, 0) is 19.4 Å². The molecule has 1 fully saturated rings. The number of furan rings is 1. The highest BCUT2D eigenvalue weighted by atomic mass is 32.1. The Hall–Kier alpha value is -2.15. The average molecular weight is 306 g/mol. The van der Waals surface area contributed by atoms with E-state index >= 15 is 0 Å². The fraction of sp³-hybridized carbons (Fsp3) is 0.357. The van der Waals surface area contributed by atoms with Gasteiger partial charge in [-0.3, -0.25) is 9.59 Å². The first kappa shape index (κ1) is 13.8. The number of aryl methyl sites for hydroxylation is 1. The molecule has 6 nitrogen and oxygen atoms in total. The lowest BCUT2D eigenvalue weighted by molar-refractivity contribution is -0.141. The third-order valence-corrected chi connectivity index (χ3v) is 4.32. The van der Waals surface area contributed by atoms with Gasteiger partial charge in [0.25, 0.3) is 5.91 Å². The van der Waals surface area contributed by atoms with E-state index in [4.69, 9.17) is 9.52 Å². The number of aliphatic carboxylic acids is 1. The molecule has 0 spiro atoms. The molecule has 3 rings (SSSR count). The average Bonchev–Trinajstić information content (AvgIpc) is 3.17. The molecule has 0 unspecified atom stereocenters. The first-order chi connectivity index (χ1) is 10.0. The SMILES string of the molecule is Cc1nc(-c2cc(C(=O)N3CC[C@@H](C(=O)O)C3)co2)cs1. The predicted molar refractivity (Wildman–Crippen MR) is 76.2 cm³/mol. The van der Waals surface area contributed by atoms with Crippen molar-refractivity contribution in [2.75, 3.05) is 13.1 Å². The van der Waals surface area contributed by atoms with Crippen LogP contribution in [0.15, 0.2) is 22.1 Å². The van der Waals surface area contributed by atoms with Crippen LogP contribution in [0.25, 0.3) is 11.5 Å².